The highest BCUT2D eigenvalue weighted by Crippen LogP contribution is 2.31. The van der Waals surface area contributed by atoms with Gasteiger partial charge in [-0.15, -0.1) is 0 Å². The highest BCUT2D eigenvalue weighted by molar-refractivity contribution is 5.96. The van der Waals surface area contributed by atoms with Gasteiger partial charge in [-0.1, -0.05) is 18.2 Å². The fourth-order valence-corrected chi connectivity index (χ4v) is 1.86. The van der Waals surface area contributed by atoms with Crippen molar-refractivity contribution in [3.63, 3.8) is 0 Å². The zero-order valence-corrected chi connectivity index (χ0v) is 10.8. The molecule has 0 aliphatic heterocycles. The molecule has 1 fully saturated rings. The van der Waals surface area contributed by atoms with E-state index in [0.29, 0.717) is 5.92 Å². The van der Waals surface area contributed by atoms with E-state index < -0.39 is 0 Å². The molecule has 0 bridgehead atoms. The van der Waals surface area contributed by atoms with Gasteiger partial charge < -0.3 is 16.0 Å². The van der Waals surface area contributed by atoms with E-state index in [0.717, 1.165) is 12.2 Å². The number of nitrogens with zero attached hydrogens (tertiary/aromatic N) is 1. The van der Waals surface area contributed by atoms with Gasteiger partial charge in [0.1, 0.15) is 0 Å². The van der Waals surface area contributed by atoms with Crippen LogP contribution in [0.4, 0.5) is 5.69 Å². The zero-order chi connectivity index (χ0) is 13.7. The predicted octanol–water partition coefficient (Wildman–Crippen LogP) is 0.505. The maximum atomic E-state index is 12.2. The van der Waals surface area contributed by atoms with Crippen LogP contribution in [0.2, 0.25) is 0 Å². The average Bonchev–Trinajstić information content (AvgIpc) is 3.26. The number of para-hydroxylation sites is 1. The van der Waals surface area contributed by atoms with Crippen LogP contribution >= 0.6 is 0 Å². The van der Waals surface area contributed by atoms with E-state index in [4.69, 9.17) is 5.73 Å². The Balaban J connectivity index is 2.00. The molecule has 0 atom stereocenters. The van der Waals surface area contributed by atoms with Crippen molar-refractivity contribution < 1.29 is 9.59 Å². The van der Waals surface area contributed by atoms with Gasteiger partial charge in [-0.3, -0.25) is 9.59 Å². The molecule has 0 aromatic heterocycles. The summed E-state index contributed by atoms with van der Waals surface area (Å²) in [7, 11) is 0. The molecule has 102 valence electrons. The molecule has 5 nitrogen and oxygen atoms in total. The van der Waals surface area contributed by atoms with Crippen LogP contribution in [0.25, 0.3) is 0 Å². The summed E-state index contributed by atoms with van der Waals surface area (Å²) in [6.45, 7) is 0.625. The predicted molar refractivity (Wildman–Crippen MR) is 73.6 cm³/mol. The average molecular weight is 261 g/mol. The number of carbonyl (C=O) groups is 2. The van der Waals surface area contributed by atoms with E-state index in [9.17, 15) is 9.59 Å². The molecular formula is C14H19N3O2. The minimum absolute atomic E-state index is 0.00233. The Hall–Kier alpha value is -1.88. The number of carbonyl (C=O) groups excluding carboxylic acids is 2. The summed E-state index contributed by atoms with van der Waals surface area (Å²) in [6, 6.07) is 9.54. The summed E-state index contributed by atoms with van der Waals surface area (Å²) in [5, 5.41) is 2.52. The normalized spacial score (nSPS) is 13.9. The first-order valence-electron chi connectivity index (χ1n) is 6.53. The molecule has 0 heterocycles. The molecule has 0 radical (unpaired) electrons. The molecule has 2 rings (SSSR count). The summed E-state index contributed by atoms with van der Waals surface area (Å²) >= 11 is 0. The monoisotopic (exact) mass is 261 g/mol. The topological polar surface area (TPSA) is 75.4 Å². The van der Waals surface area contributed by atoms with Crippen molar-refractivity contribution in [2.24, 2.45) is 11.7 Å². The molecule has 1 saturated carbocycles. The molecular weight excluding hydrogens is 242 g/mol. The maximum absolute atomic E-state index is 12.2. The number of anilines is 1. The van der Waals surface area contributed by atoms with Gasteiger partial charge in [-0.25, -0.2) is 0 Å². The van der Waals surface area contributed by atoms with Crippen LogP contribution in [0, 0.1) is 5.92 Å². The first kappa shape index (κ1) is 13.5. The summed E-state index contributed by atoms with van der Waals surface area (Å²) in [6.07, 6.45) is 2.34. The van der Waals surface area contributed by atoms with Gasteiger partial charge in [0.25, 0.3) is 0 Å². The van der Waals surface area contributed by atoms with Gasteiger partial charge in [0.15, 0.2) is 0 Å². The van der Waals surface area contributed by atoms with Crippen LogP contribution < -0.4 is 16.0 Å². The number of nitrogens with one attached hydrogen (secondary N) is 1. The lowest BCUT2D eigenvalue weighted by atomic mass is 10.2. The number of hydrogen-bond acceptors (Lipinski definition) is 3. The number of rotatable bonds is 6. The first-order chi connectivity index (χ1) is 9.20. The van der Waals surface area contributed by atoms with Crippen molar-refractivity contribution in [2.75, 3.05) is 24.5 Å². The lowest BCUT2D eigenvalue weighted by Gasteiger charge is -2.23. The lowest BCUT2D eigenvalue weighted by Crippen LogP contribution is -2.42. The van der Waals surface area contributed by atoms with Crippen LogP contribution in [0.3, 0.4) is 0 Å². The summed E-state index contributed by atoms with van der Waals surface area (Å²) in [4.78, 5) is 25.0. The van der Waals surface area contributed by atoms with Crippen molar-refractivity contribution in [3.8, 4) is 0 Å². The summed E-state index contributed by atoms with van der Waals surface area (Å²) < 4.78 is 0. The Kier molecular flexibility index (Phi) is 4.52. The lowest BCUT2D eigenvalue weighted by molar-refractivity contribution is -0.124. The van der Waals surface area contributed by atoms with E-state index in [1.165, 1.54) is 12.8 Å². The molecule has 19 heavy (non-hydrogen) atoms. The van der Waals surface area contributed by atoms with Crippen LogP contribution in [-0.4, -0.2) is 31.4 Å². The van der Waals surface area contributed by atoms with Gasteiger partial charge in [-0.2, -0.15) is 0 Å². The van der Waals surface area contributed by atoms with Crippen LogP contribution in [0.5, 0.6) is 0 Å². The fraction of sp³-hybridized carbons (Fsp3) is 0.429. The van der Waals surface area contributed by atoms with E-state index in [1.54, 1.807) is 4.90 Å². The molecule has 3 N–H and O–H groups in total. The van der Waals surface area contributed by atoms with Crippen LogP contribution in [-0.2, 0) is 9.59 Å². The molecule has 1 aromatic carbocycles. The highest BCUT2D eigenvalue weighted by Gasteiger charge is 2.27. The van der Waals surface area contributed by atoms with E-state index in [1.807, 2.05) is 30.3 Å². The molecule has 0 unspecified atom stereocenters. The second-order valence-electron chi connectivity index (χ2n) is 4.76. The highest BCUT2D eigenvalue weighted by atomic mass is 16.2. The third-order valence-electron chi connectivity index (χ3n) is 3.13. The number of benzene rings is 1. The fourth-order valence-electron chi connectivity index (χ4n) is 1.86. The molecule has 2 amide bonds. The van der Waals surface area contributed by atoms with Crippen molar-refractivity contribution in [2.45, 2.75) is 12.8 Å². The third kappa shape index (κ3) is 4.06. The third-order valence-corrected chi connectivity index (χ3v) is 3.13. The number of hydrogen-bond donors (Lipinski definition) is 2. The SMILES string of the molecule is NCC(=O)NCC(=O)N(CC1CC1)c1ccccc1. The van der Waals surface area contributed by atoms with Crippen molar-refractivity contribution in [3.05, 3.63) is 30.3 Å². The largest absolute Gasteiger partial charge is 0.346 e. The Bertz CT molecular complexity index is 443. The Labute approximate surface area is 112 Å². The minimum atomic E-state index is -0.312. The Morgan fingerprint density at radius 2 is 1.95 bits per heavy atom. The van der Waals surface area contributed by atoms with Gasteiger partial charge in [-0.05, 0) is 30.9 Å². The Morgan fingerprint density at radius 3 is 2.53 bits per heavy atom. The smallest absolute Gasteiger partial charge is 0.246 e. The second kappa shape index (κ2) is 6.33. The van der Waals surface area contributed by atoms with E-state index >= 15 is 0 Å². The van der Waals surface area contributed by atoms with Crippen LogP contribution in [0.1, 0.15) is 12.8 Å². The van der Waals surface area contributed by atoms with Crippen molar-refractivity contribution in [1.29, 1.82) is 0 Å². The van der Waals surface area contributed by atoms with Gasteiger partial charge in [0, 0.05) is 12.2 Å². The summed E-state index contributed by atoms with van der Waals surface area (Å²) in [5.74, 6) is 0.182. The molecule has 0 saturated heterocycles. The Morgan fingerprint density at radius 1 is 1.26 bits per heavy atom. The molecule has 0 spiro atoms. The quantitative estimate of drug-likeness (QED) is 0.783. The first-order valence-corrected chi connectivity index (χ1v) is 6.53. The number of amides is 2. The van der Waals surface area contributed by atoms with Crippen molar-refractivity contribution >= 4 is 17.5 Å². The maximum Gasteiger partial charge on any atom is 0.246 e. The standard InChI is InChI=1S/C14H19N3O2/c15-8-13(18)16-9-14(19)17(10-11-6-7-11)12-4-2-1-3-5-12/h1-5,11H,6-10,15H2,(H,16,18). The molecule has 5 heteroatoms. The molecule has 1 aliphatic rings. The summed E-state index contributed by atoms with van der Waals surface area (Å²) in [5.41, 5.74) is 6.08. The molecule has 1 aliphatic carbocycles. The van der Waals surface area contributed by atoms with Gasteiger partial charge >= 0.3 is 0 Å². The number of nitrogens with two attached hydrogens (primary N) is 1. The minimum Gasteiger partial charge on any atom is -0.346 e. The van der Waals surface area contributed by atoms with Crippen molar-refractivity contribution in [1.82, 2.24) is 5.32 Å². The van der Waals surface area contributed by atoms with Crippen LogP contribution in [0.15, 0.2) is 30.3 Å². The van der Waals surface area contributed by atoms with Gasteiger partial charge in [0.05, 0.1) is 13.1 Å². The molecule has 1 aromatic rings. The zero-order valence-electron chi connectivity index (χ0n) is 10.8. The van der Waals surface area contributed by atoms with E-state index in [-0.39, 0.29) is 24.9 Å². The van der Waals surface area contributed by atoms with E-state index in [2.05, 4.69) is 5.32 Å². The van der Waals surface area contributed by atoms with Gasteiger partial charge in [0.2, 0.25) is 11.8 Å². The second-order valence-corrected chi connectivity index (χ2v) is 4.76.